The molecule has 0 aliphatic rings. The fourth-order valence-electron chi connectivity index (χ4n) is 1.52. The van der Waals surface area contributed by atoms with Crippen LogP contribution < -0.4 is 5.32 Å². The average molecular weight is 357 g/mol. The van der Waals surface area contributed by atoms with Crippen LogP contribution in [0, 0.1) is 3.57 Å². The van der Waals surface area contributed by atoms with Gasteiger partial charge < -0.3 is 5.32 Å². The normalized spacial score (nSPS) is 13.5. The van der Waals surface area contributed by atoms with Crippen LogP contribution in [0.4, 0.5) is 18.9 Å². The molecule has 1 aromatic carbocycles. The molecule has 0 radical (unpaired) electrons. The van der Waals surface area contributed by atoms with Gasteiger partial charge in [0.15, 0.2) is 0 Å². The molecule has 0 aliphatic heterocycles. The van der Waals surface area contributed by atoms with Crippen molar-refractivity contribution in [2.45, 2.75) is 38.4 Å². The van der Waals surface area contributed by atoms with E-state index in [1.807, 2.05) is 31.2 Å². The highest BCUT2D eigenvalue weighted by Gasteiger charge is 2.26. The number of hydrogen-bond acceptors (Lipinski definition) is 1. The molecule has 1 N–H and O–H groups in total. The third-order valence-corrected chi connectivity index (χ3v) is 3.31. The van der Waals surface area contributed by atoms with E-state index in [2.05, 4.69) is 27.9 Å². The molecule has 0 saturated heterocycles. The molecule has 1 rings (SSSR count). The molecule has 5 heteroatoms. The monoisotopic (exact) mass is 357 g/mol. The number of hydrogen-bond donors (Lipinski definition) is 1. The molecular formula is C12H15F3IN. The van der Waals surface area contributed by atoms with Crippen molar-refractivity contribution in [3.63, 3.8) is 0 Å². The Morgan fingerprint density at radius 1 is 1.29 bits per heavy atom. The Balaban J connectivity index is 2.35. The van der Waals surface area contributed by atoms with Crippen LogP contribution in [0.5, 0.6) is 0 Å². The molecule has 0 amide bonds. The summed E-state index contributed by atoms with van der Waals surface area (Å²) < 4.78 is 37.0. The summed E-state index contributed by atoms with van der Waals surface area (Å²) in [6.45, 7) is 1.90. The molecule has 96 valence electrons. The number of benzene rings is 1. The Bertz CT molecular complexity index is 352. The molecule has 0 fully saturated rings. The predicted molar refractivity (Wildman–Crippen MR) is 72.1 cm³/mol. The molecule has 0 bridgehead atoms. The van der Waals surface area contributed by atoms with Gasteiger partial charge in [0.05, 0.1) is 0 Å². The van der Waals surface area contributed by atoms with E-state index < -0.39 is 12.6 Å². The van der Waals surface area contributed by atoms with Gasteiger partial charge in [-0.05, 0) is 54.5 Å². The van der Waals surface area contributed by atoms with Gasteiger partial charge in [-0.25, -0.2) is 0 Å². The van der Waals surface area contributed by atoms with Crippen LogP contribution in [0.3, 0.4) is 0 Å². The van der Waals surface area contributed by atoms with E-state index >= 15 is 0 Å². The first-order valence-electron chi connectivity index (χ1n) is 5.46. The highest BCUT2D eigenvalue weighted by atomic mass is 127. The highest BCUT2D eigenvalue weighted by Crippen LogP contribution is 2.24. The summed E-state index contributed by atoms with van der Waals surface area (Å²) in [5, 5.41) is 3.22. The van der Waals surface area contributed by atoms with Crippen molar-refractivity contribution in [1.82, 2.24) is 0 Å². The minimum atomic E-state index is -4.04. The smallest absolute Gasteiger partial charge is 0.382 e. The first kappa shape index (κ1) is 14.6. The van der Waals surface area contributed by atoms with Crippen molar-refractivity contribution in [2.75, 3.05) is 5.32 Å². The summed E-state index contributed by atoms with van der Waals surface area (Å²) in [5.74, 6) is 0. The summed E-state index contributed by atoms with van der Waals surface area (Å²) >= 11 is 2.20. The molecule has 0 saturated carbocycles. The van der Waals surface area contributed by atoms with Crippen molar-refractivity contribution >= 4 is 28.3 Å². The first-order valence-corrected chi connectivity index (χ1v) is 6.54. The van der Waals surface area contributed by atoms with Gasteiger partial charge in [0, 0.05) is 21.7 Å². The lowest BCUT2D eigenvalue weighted by molar-refractivity contribution is -0.135. The second-order valence-corrected chi connectivity index (χ2v) is 5.19. The first-order chi connectivity index (χ1) is 7.88. The Morgan fingerprint density at radius 2 is 1.94 bits per heavy atom. The van der Waals surface area contributed by atoms with Crippen LogP contribution in [0.2, 0.25) is 0 Å². The lowest BCUT2D eigenvalue weighted by atomic mass is 10.1. The van der Waals surface area contributed by atoms with E-state index in [-0.39, 0.29) is 12.5 Å². The zero-order chi connectivity index (χ0) is 12.9. The largest absolute Gasteiger partial charge is 0.389 e. The molecule has 1 aromatic rings. The summed E-state index contributed by atoms with van der Waals surface area (Å²) in [5.41, 5.74) is 0.979. The fraction of sp³-hybridized carbons (Fsp3) is 0.500. The predicted octanol–water partition coefficient (Wildman–Crippen LogP) is 4.82. The van der Waals surface area contributed by atoms with Gasteiger partial charge in [0.2, 0.25) is 0 Å². The number of halogens is 4. The van der Waals surface area contributed by atoms with Gasteiger partial charge in [-0.15, -0.1) is 0 Å². The minimum absolute atomic E-state index is 0.0493. The van der Waals surface area contributed by atoms with Gasteiger partial charge in [-0.1, -0.05) is 12.1 Å². The second-order valence-electron chi connectivity index (χ2n) is 4.03. The molecule has 17 heavy (non-hydrogen) atoms. The SMILES string of the molecule is CC(CCCC(F)(F)F)Nc1ccccc1I. The van der Waals surface area contributed by atoms with Gasteiger partial charge in [-0.2, -0.15) is 13.2 Å². The molecule has 0 aliphatic carbocycles. The Labute approximate surface area is 113 Å². The maximum atomic E-state index is 12.0. The quantitative estimate of drug-likeness (QED) is 0.745. The third kappa shape index (κ3) is 6.14. The summed E-state index contributed by atoms with van der Waals surface area (Å²) in [6.07, 6.45) is -4.06. The molecule has 1 unspecified atom stereocenters. The van der Waals surface area contributed by atoms with E-state index in [0.29, 0.717) is 6.42 Å². The minimum Gasteiger partial charge on any atom is -0.382 e. The lowest BCUT2D eigenvalue weighted by Gasteiger charge is -2.16. The maximum Gasteiger partial charge on any atom is 0.389 e. The Morgan fingerprint density at radius 3 is 2.53 bits per heavy atom. The zero-order valence-electron chi connectivity index (χ0n) is 9.52. The molecule has 0 heterocycles. The number of alkyl halides is 3. The van der Waals surface area contributed by atoms with E-state index in [1.165, 1.54) is 0 Å². The van der Waals surface area contributed by atoms with Crippen LogP contribution >= 0.6 is 22.6 Å². The third-order valence-electron chi connectivity index (χ3n) is 2.37. The number of anilines is 1. The van der Waals surface area contributed by atoms with E-state index in [0.717, 1.165) is 9.26 Å². The van der Waals surface area contributed by atoms with Crippen LogP contribution in [0.25, 0.3) is 0 Å². The van der Waals surface area contributed by atoms with E-state index in [4.69, 9.17) is 0 Å². The molecule has 0 aromatic heterocycles. The van der Waals surface area contributed by atoms with Crippen molar-refractivity contribution < 1.29 is 13.2 Å². The van der Waals surface area contributed by atoms with Gasteiger partial charge in [-0.3, -0.25) is 0 Å². The Hall–Kier alpha value is -0.460. The summed E-state index contributed by atoms with van der Waals surface area (Å²) in [7, 11) is 0. The van der Waals surface area contributed by atoms with Gasteiger partial charge in [0.1, 0.15) is 0 Å². The topological polar surface area (TPSA) is 12.0 Å². The molecule has 1 nitrogen and oxygen atoms in total. The standard InChI is InChI=1S/C12H15F3IN/c1-9(5-4-8-12(13,14)15)17-11-7-3-2-6-10(11)16/h2-3,6-7,9,17H,4-5,8H2,1H3. The van der Waals surface area contributed by atoms with Gasteiger partial charge in [0.25, 0.3) is 0 Å². The molecule has 1 atom stereocenters. The Kier molecular flexibility index (Phi) is 5.55. The fourth-order valence-corrected chi connectivity index (χ4v) is 2.07. The van der Waals surface area contributed by atoms with Gasteiger partial charge >= 0.3 is 6.18 Å². The van der Waals surface area contributed by atoms with Crippen LogP contribution in [0.15, 0.2) is 24.3 Å². The second kappa shape index (κ2) is 6.47. The van der Waals surface area contributed by atoms with Crippen molar-refractivity contribution in [2.24, 2.45) is 0 Å². The highest BCUT2D eigenvalue weighted by molar-refractivity contribution is 14.1. The number of para-hydroxylation sites is 1. The lowest BCUT2D eigenvalue weighted by Crippen LogP contribution is -2.17. The van der Waals surface area contributed by atoms with Crippen LogP contribution in [-0.4, -0.2) is 12.2 Å². The summed E-state index contributed by atoms with van der Waals surface area (Å²) in [4.78, 5) is 0. The van der Waals surface area contributed by atoms with E-state index in [1.54, 1.807) is 0 Å². The van der Waals surface area contributed by atoms with Crippen molar-refractivity contribution in [1.29, 1.82) is 0 Å². The van der Waals surface area contributed by atoms with Crippen LogP contribution in [0.1, 0.15) is 26.2 Å². The molecule has 0 spiro atoms. The maximum absolute atomic E-state index is 12.0. The number of rotatable bonds is 5. The summed E-state index contributed by atoms with van der Waals surface area (Å²) in [6, 6.07) is 7.79. The van der Waals surface area contributed by atoms with Crippen LogP contribution in [-0.2, 0) is 0 Å². The van der Waals surface area contributed by atoms with E-state index in [9.17, 15) is 13.2 Å². The average Bonchev–Trinajstić information content (AvgIpc) is 2.19. The van der Waals surface area contributed by atoms with Crippen molar-refractivity contribution in [3.05, 3.63) is 27.8 Å². The van der Waals surface area contributed by atoms with Crippen molar-refractivity contribution in [3.8, 4) is 0 Å². The number of nitrogens with one attached hydrogen (secondary N) is 1. The zero-order valence-corrected chi connectivity index (χ0v) is 11.7. The molecular weight excluding hydrogens is 342 g/mol.